The summed E-state index contributed by atoms with van der Waals surface area (Å²) in [4.78, 5) is 69.2. The number of ether oxygens (including phenoxy) is 2. The van der Waals surface area contributed by atoms with Crippen molar-refractivity contribution in [3.8, 4) is 0 Å². The molecule has 3 heterocycles. The van der Waals surface area contributed by atoms with E-state index in [4.69, 9.17) is 9.47 Å². The van der Waals surface area contributed by atoms with Gasteiger partial charge in [-0.05, 0) is 48.8 Å². The molecule has 2 saturated carbocycles. The largest absolute Gasteiger partial charge is 0.450 e. The summed E-state index contributed by atoms with van der Waals surface area (Å²) in [5.41, 5.74) is 0.885. The van der Waals surface area contributed by atoms with Crippen LogP contribution in [0.5, 0.6) is 0 Å². The third kappa shape index (κ3) is 7.99. The lowest BCUT2D eigenvalue weighted by atomic mass is 10.0. The molecule has 4 bridgehead atoms. The van der Waals surface area contributed by atoms with E-state index in [-0.39, 0.29) is 32.5 Å². The van der Waals surface area contributed by atoms with E-state index in [1.807, 2.05) is 40.4 Å². The van der Waals surface area contributed by atoms with Crippen molar-refractivity contribution in [2.75, 3.05) is 13.2 Å². The molecule has 1 aromatic rings. The number of cyclic esters (lactones) is 1. The van der Waals surface area contributed by atoms with Gasteiger partial charge in [-0.15, -0.1) is 6.58 Å². The van der Waals surface area contributed by atoms with Crippen LogP contribution in [0.15, 0.2) is 36.9 Å². The van der Waals surface area contributed by atoms with Crippen LogP contribution in [0.4, 0.5) is 22.8 Å². The van der Waals surface area contributed by atoms with Crippen LogP contribution < -0.4 is 15.4 Å². The lowest BCUT2D eigenvalue weighted by Crippen LogP contribution is -2.58. The SMILES string of the molecule is C=C[C@H]1C[C@]1(NC(=O)[C@@H]1C[C@@H]2CN1C(=O)[C@H](CC(F)(F)F)NC(=O)OCCC/C=C/c1cccc3c1CN(C3)C(=O)O2)C(=O)NS(=O)(=O)C1CC1. The number of sulfonamides is 1. The molecule has 276 valence electrons. The van der Waals surface area contributed by atoms with Crippen molar-refractivity contribution in [2.45, 2.75) is 93.2 Å². The van der Waals surface area contributed by atoms with E-state index >= 15 is 0 Å². The molecule has 5 aliphatic rings. The van der Waals surface area contributed by atoms with E-state index in [1.54, 1.807) is 0 Å². The maximum atomic E-state index is 13.9. The van der Waals surface area contributed by atoms with Gasteiger partial charge in [0.25, 0.3) is 5.91 Å². The van der Waals surface area contributed by atoms with E-state index in [2.05, 4.69) is 11.9 Å². The first-order chi connectivity index (χ1) is 24.1. The Kier molecular flexibility index (Phi) is 9.82. The van der Waals surface area contributed by atoms with E-state index < -0.39 is 94.0 Å². The van der Waals surface area contributed by atoms with Crippen LogP contribution in [-0.4, -0.2) is 96.4 Å². The average Bonchev–Trinajstić information content (AvgIpc) is 3.95. The molecule has 1 saturated heterocycles. The van der Waals surface area contributed by atoms with E-state index in [9.17, 15) is 45.6 Å². The second kappa shape index (κ2) is 13.8. The van der Waals surface area contributed by atoms with Crippen molar-refractivity contribution in [1.82, 2.24) is 25.2 Å². The van der Waals surface area contributed by atoms with Crippen molar-refractivity contribution in [2.24, 2.45) is 5.92 Å². The van der Waals surface area contributed by atoms with Crippen LogP contribution in [0.2, 0.25) is 0 Å². The molecule has 3 N–H and O–H groups in total. The Morgan fingerprint density at radius 3 is 2.61 bits per heavy atom. The van der Waals surface area contributed by atoms with Crippen LogP contribution in [0.25, 0.3) is 6.08 Å². The molecule has 6 rings (SSSR count). The lowest BCUT2D eigenvalue weighted by molar-refractivity contribution is -0.155. The predicted molar refractivity (Wildman–Crippen MR) is 173 cm³/mol. The zero-order valence-electron chi connectivity index (χ0n) is 27.4. The van der Waals surface area contributed by atoms with Gasteiger partial charge in [-0.25, -0.2) is 18.0 Å². The highest BCUT2D eigenvalue weighted by atomic mass is 32.2. The fourth-order valence-corrected chi connectivity index (χ4v) is 8.10. The van der Waals surface area contributed by atoms with Crippen LogP contribution in [0.1, 0.15) is 61.6 Å². The molecule has 14 nitrogen and oxygen atoms in total. The number of hydrogen-bond donors (Lipinski definition) is 3. The van der Waals surface area contributed by atoms with Gasteiger partial charge in [0.2, 0.25) is 21.8 Å². The van der Waals surface area contributed by atoms with Gasteiger partial charge in [-0.1, -0.05) is 36.4 Å². The maximum Gasteiger partial charge on any atom is 0.410 e. The number of benzene rings is 1. The number of carbonyl (C=O) groups is 5. The first-order valence-corrected chi connectivity index (χ1v) is 18.2. The Balaban J connectivity index is 1.27. The maximum absolute atomic E-state index is 13.9. The summed E-state index contributed by atoms with van der Waals surface area (Å²) < 4.78 is 79.1. The number of fused-ring (bicyclic) bond motifs is 3. The number of alkyl halides is 3. The molecule has 3 fully saturated rings. The molecule has 5 amide bonds. The Bertz CT molecular complexity index is 1770. The number of carbonyl (C=O) groups excluding carboxylic acids is 5. The summed E-state index contributed by atoms with van der Waals surface area (Å²) in [6.07, 6.45) is -3.75. The topological polar surface area (TPSA) is 181 Å². The van der Waals surface area contributed by atoms with Gasteiger partial charge >= 0.3 is 18.4 Å². The highest BCUT2D eigenvalue weighted by Crippen LogP contribution is 2.45. The first kappa shape index (κ1) is 36.2. The number of allylic oxidation sites excluding steroid dienone is 1. The Hall–Kier alpha value is -4.61. The summed E-state index contributed by atoms with van der Waals surface area (Å²) in [5.74, 6) is -3.99. The van der Waals surface area contributed by atoms with Crippen LogP contribution in [0, 0.1) is 5.92 Å². The summed E-state index contributed by atoms with van der Waals surface area (Å²) in [6, 6.07) is 1.81. The van der Waals surface area contributed by atoms with E-state index in [0.717, 1.165) is 21.6 Å². The quantitative estimate of drug-likeness (QED) is 0.355. The highest BCUT2D eigenvalue weighted by molar-refractivity contribution is 7.91. The molecular formula is C33H38F3N5O9S. The second-order valence-corrected chi connectivity index (χ2v) is 15.4. The van der Waals surface area contributed by atoms with Gasteiger partial charge in [0.05, 0.1) is 31.4 Å². The van der Waals surface area contributed by atoms with Gasteiger partial charge in [0.15, 0.2) is 0 Å². The monoisotopic (exact) mass is 737 g/mol. The Morgan fingerprint density at radius 1 is 1.16 bits per heavy atom. The number of nitrogens with zero attached hydrogens (tertiary/aromatic N) is 2. The second-order valence-electron chi connectivity index (χ2n) is 13.5. The van der Waals surface area contributed by atoms with Crippen molar-refractivity contribution in [3.63, 3.8) is 0 Å². The number of halogens is 3. The summed E-state index contributed by atoms with van der Waals surface area (Å²) in [5, 5.41) is 3.75. The van der Waals surface area contributed by atoms with Crippen LogP contribution >= 0.6 is 0 Å². The minimum absolute atomic E-state index is 0.0237. The molecule has 18 heteroatoms. The van der Waals surface area contributed by atoms with Crippen molar-refractivity contribution in [1.29, 1.82) is 0 Å². The molecule has 0 aromatic heterocycles. The smallest absolute Gasteiger partial charge is 0.410 e. The zero-order chi connectivity index (χ0) is 36.7. The third-order valence-electron chi connectivity index (χ3n) is 9.71. The van der Waals surface area contributed by atoms with E-state index in [1.165, 1.54) is 11.0 Å². The van der Waals surface area contributed by atoms with Gasteiger partial charge in [0, 0.05) is 18.9 Å². The molecule has 0 radical (unpaired) electrons. The van der Waals surface area contributed by atoms with Crippen LogP contribution in [-0.2, 0) is 47.0 Å². The molecule has 5 atom stereocenters. The van der Waals surface area contributed by atoms with E-state index in [0.29, 0.717) is 25.7 Å². The van der Waals surface area contributed by atoms with Gasteiger partial charge in [-0.3, -0.25) is 24.0 Å². The van der Waals surface area contributed by atoms with Gasteiger partial charge < -0.3 is 25.0 Å². The molecule has 3 aliphatic heterocycles. The van der Waals surface area contributed by atoms with Crippen LogP contribution in [0.3, 0.4) is 0 Å². The summed E-state index contributed by atoms with van der Waals surface area (Å²) in [6.45, 7) is 3.39. The first-order valence-electron chi connectivity index (χ1n) is 16.6. The summed E-state index contributed by atoms with van der Waals surface area (Å²) >= 11 is 0. The minimum Gasteiger partial charge on any atom is -0.450 e. The molecule has 0 spiro atoms. The highest BCUT2D eigenvalue weighted by Gasteiger charge is 2.62. The number of rotatable bonds is 7. The number of nitrogens with one attached hydrogen (secondary N) is 3. The third-order valence-corrected chi connectivity index (χ3v) is 11.5. The van der Waals surface area contributed by atoms with Crippen molar-refractivity contribution in [3.05, 3.63) is 53.6 Å². The molecule has 0 unspecified atom stereocenters. The Labute approximate surface area is 291 Å². The van der Waals surface area contributed by atoms with Gasteiger partial charge in [0.1, 0.15) is 23.7 Å². The molecular weight excluding hydrogens is 699 g/mol. The molecule has 2 aliphatic carbocycles. The fraction of sp³-hybridized carbons (Fsp3) is 0.545. The number of hydrogen-bond acceptors (Lipinski definition) is 9. The number of amides is 5. The number of alkyl carbamates (subject to hydrolysis) is 1. The normalized spacial score (nSPS) is 29.0. The van der Waals surface area contributed by atoms with Gasteiger partial charge in [-0.2, -0.15) is 13.2 Å². The molecule has 1 aromatic carbocycles. The van der Waals surface area contributed by atoms with Crippen molar-refractivity contribution < 1.29 is 55.0 Å². The lowest BCUT2D eigenvalue weighted by Gasteiger charge is -2.30. The molecule has 51 heavy (non-hydrogen) atoms. The predicted octanol–water partition coefficient (Wildman–Crippen LogP) is 2.63. The fourth-order valence-electron chi connectivity index (χ4n) is 6.74. The van der Waals surface area contributed by atoms with Crippen molar-refractivity contribution >= 4 is 46.0 Å². The summed E-state index contributed by atoms with van der Waals surface area (Å²) in [7, 11) is -4.01. The minimum atomic E-state index is -4.93. The average molecular weight is 738 g/mol. The zero-order valence-corrected chi connectivity index (χ0v) is 28.3. The Morgan fingerprint density at radius 2 is 1.92 bits per heavy atom. The standard InChI is InChI=1S/C33H38F3N5O9S/c1-2-21-14-32(21,29(44)39-51(47,48)23-10-11-23)38-27(42)26-13-22-17-41(26)28(43)25(15-33(34,35)36)37-30(45)49-12-5-3-4-7-19-8-6-9-20-16-40(18-24(19)20)31(46)50-22/h2,4,6-9,21-23,25-26H,1,3,5,10-18H2,(H,37,45)(H,38,42)(H,39,44)/b7-4+/t21-,22+,25-,26-,32+/m0/s1.